The number of nitrogens with one attached hydrogen (secondary N) is 1. The fourth-order valence-corrected chi connectivity index (χ4v) is 2.13. The topological polar surface area (TPSA) is 62.2 Å². The minimum Gasteiger partial charge on any atom is -0.481 e. The number of anilines is 1. The van der Waals surface area contributed by atoms with Crippen LogP contribution in [0, 0.1) is 12.8 Å². The minimum atomic E-state index is -0.760. The number of carbonyl (C=O) groups is 1. The van der Waals surface area contributed by atoms with E-state index in [0.29, 0.717) is 6.42 Å². The van der Waals surface area contributed by atoms with Gasteiger partial charge in [0, 0.05) is 11.9 Å². The van der Waals surface area contributed by atoms with Crippen LogP contribution in [0.1, 0.15) is 17.5 Å². The van der Waals surface area contributed by atoms with E-state index in [0.717, 1.165) is 15.7 Å². The third kappa shape index (κ3) is 2.45. The maximum atomic E-state index is 10.7. The number of thiazole rings is 1. The molecule has 5 heteroatoms. The Labute approximate surface area is 87.0 Å². The number of aromatic nitrogens is 1. The summed E-state index contributed by atoms with van der Waals surface area (Å²) in [6.45, 7) is 3.61. The summed E-state index contributed by atoms with van der Waals surface area (Å²) in [7, 11) is 1.81. The first-order valence-electron chi connectivity index (χ1n) is 4.41. The molecule has 2 N–H and O–H groups in total. The van der Waals surface area contributed by atoms with E-state index in [1.165, 1.54) is 11.3 Å². The molecule has 1 rings (SSSR count). The molecule has 0 saturated heterocycles. The lowest BCUT2D eigenvalue weighted by Gasteiger charge is -2.03. The van der Waals surface area contributed by atoms with Crippen LogP contribution in [0.2, 0.25) is 0 Å². The monoisotopic (exact) mass is 214 g/mol. The molecule has 1 aromatic rings. The Morgan fingerprint density at radius 3 is 2.79 bits per heavy atom. The molecule has 0 fully saturated rings. The van der Waals surface area contributed by atoms with Crippen molar-refractivity contribution in [3.05, 3.63) is 10.6 Å². The van der Waals surface area contributed by atoms with E-state index in [2.05, 4.69) is 10.3 Å². The summed E-state index contributed by atoms with van der Waals surface area (Å²) in [5.74, 6) is -1.11. The van der Waals surface area contributed by atoms with Crippen molar-refractivity contribution in [2.24, 2.45) is 5.92 Å². The van der Waals surface area contributed by atoms with E-state index in [-0.39, 0.29) is 5.92 Å². The average Bonchev–Trinajstić information content (AvgIpc) is 2.47. The Morgan fingerprint density at radius 2 is 2.36 bits per heavy atom. The predicted molar refractivity (Wildman–Crippen MR) is 56.9 cm³/mol. The first kappa shape index (κ1) is 11.0. The smallest absolute Gasteiger partial charge is 0.306 e. The van der Waals surface area contributed by atoms with Gasteiger partial charge >= 0.3 is 5.97 Å². The summed E-state index contributed by atoms with van der Waals surface area (Å²) < 4.78 is 0. The fraction of sp³-hybridized carbons (Fsp3) is 0.556. The summed E-state index contributed by atoms with van der Waals surface area (Å²) >= 11 is 1.52. The van der Waals surface area contributed by atoms with Gasteiger partial charge in [-0.05, 0) is 13.3 Å². The summed E-state index contributed by atoms with van der Waals surface area (Å²) in [4.78, 5) is 16.0. The molecule has 1 aromatic heterocycles. The SMILES string of the molecule is CNc1nc(C)c(CC(C)C(=O)O)s1. The average molecular weight is 214 g/mol. The minimum absolute atomic E-state index is 0.348. The van der Waals surface area contributed by atoms with Crippen LogP contribution in [0.5, 0.6) is 0 Å². The number of carboxylic acid groups (broad SMARTS) is 1. The normalized spacial score (nSPS) is 12.5. The van der Waals surface area contributed by atoms with Crippen LogP contribution in [0.3, 0.4) is 0 Å². The number of aliphatic carboxylic acids is 1. The molecule has 1 unspecified atom stereocenters. The number of carboxylic acids is 1. The standard InChI is InChI=1S/C9H14N2O2S/c1-5(8(12)13)4-7-6(2)11-9(10-3)14-7/h5H,4H2,1-3H3,(H,10,11)(H,12,13). The highest BCUT2D eigenvalue weighted by molar-refractivity contribution is 7.15. The fourth-order valence-electron chi connectivity index (χ4n) is 1.09. The second kappa shape index (κ2) is 4.41. The van der Waals surface area contributed by atoms with Crippen molar-refractivity contribution in [1.82, 2.24) is 4.98 Å². The summed E-state index contributed by atoms with van der Waals surface area (Å²) in [6, 6.07) is 0. The van der Waals surface area contributed by atoms with Crippen molar-refractivity contribution in [3.8, 4) is 0 Å². The summed E-state index contributed by atoms with van der Waals surface area (Å²) in [5, 5.41) is 12.6. The van der Waals surface area contributed by atoms with Crippen molar-refractivity contribution in [2.45, 2.75) is 20.3 Å². The van der Waals surface area contributed by atoms with Gasteiger partial charge < -0.3 is 10.4 Å². The lowest BCUT2D eigenvalue weighted by atomic mass is 10.1. The van der Waals surface area contributed by atoms with Gasteiger partial charge in [0.1, 0.15) is 0 Å². The molecule has 78 valence electrons. The van der Waals surface area contributed by atoms with E-state index < -0.39 is 5.97 Å². The van der Waals surface area contributed by atoms with Gasteiger partial charge in [-0.25, -0.2) is 4.98 Å². The molecule has 0 radical (unpaired) electrons. The van der Waals surface area contributed by atoms with E-state index in [1.54, 1.807) is 6.92 Å². The van der Waals surface area contributed by atoms with Gasteiger partial charge in [-0.15, -0.1) is 11.3 Å². The molecule has 1 heterocycles. The lowest BCUT2D eigenvalue weighted by molar-refractivity contribution is -0.141. The van der Waals surface area contributed by atoms with Crippen molar-refractivity contribution < 1.29 is 9.90 Å². The molecule has 0 saturated carbocycles. The first-order chi connectivity index (χ1) is 6.54. The first-order valence-corrected chi connectivity index (χ1v) is 5.23. The van der Waals surface area contributed by atoms with Crippen LogP contribution in [-0.4, -0.2) is 23.1 Å². The zero-order valence-electron chi connectivity index (χ0n) is 8.50. The number of nitrogens with zero attached hydrogens (tertiary/aromatic N) is 1. The second-order valence-electron chi connectivity index (χ2n) is 3.22. The maximum absolute atomic E-state index is 10.7. The van der Waals surface area contributed by atoms with Gasteiger partial charge in [-0.3, -0.25) is 4.79 Å². The Morgan fingerprint density at radius 1 is 1.71 bits per heavy atom. The highest BCUT2D eigenvalue weighted by Gasteiger charge is 2.15. The number of rotatable bonds is 4. The zero-order chi connectivity index (χ0) is 10.7. The largest absolute Gasteiger partial charge is 0.481 e. The molecule has 0 amide bonds. The van der Waals surface area contributed by atoms with Crippen LogP contribution < -0.4 is 5.32 Å². The number of aryl methyl sites for hydroxylation is 1. The van der Waals surface area contributed by atoms with Crippen molar-refractivity contribution >= 4 is 22.4 Å². The van der Waals surface area contributed by atoms with Crippen LogP contribution in [-0.2, 0) is 11.2 Å². The molecule has 0 aliphatic heterocycles. The lowest BCUT2D eigenvalue weighted by Crippen LogP contribution is -2.11. The van der Waals surface area contributed by atoms with Crippen LogP contribution >= 0.6 is 11.3 Å². The van der Waals surface area contributed by atoms with Gasteiger partial charge in [0.2, 0.25) is 0 Å². The Balaban J connectivity index is 2.75. The van der Waals surface area contributed by atoms with Crippen LogP contribution in [0.15, 0.2) is 0 Å². The van der Waals surface area contributed by atoms with Gasteiger partial charge in [-0.2, -0.15) is 0 Å². The van der Waals surface area contributed by atoms with E-state index in [4.69, 9.17) is 5.11 Å². The van der Waals surface area contributed by atoms with Gasteiger partial charge in [-0.1, -0.05) is 6.92 Å². The molecule has 0 aliphatic rings. The van der Waals surface area contributed by atoms with Gasteiger partial charge in [0.15, 0.2) is 5.13 Å². The molecular weight excluding hydrogens is 200 g/mol. The molecule has 0 aliphatic carbocycles. The van der Waals surface area contributed by atoms with E-state index in [9.17, 15) is 4.79 Å². The molecule has 0 spiro atoms. The van der Waals surface area contributed by atoms with Gasteiger partial charge in [0.05, 0.1) is 11.6 Å². The zero-order valence-corrected chi connectivity index (χ0v) is 9.31. The Bertz CT molecular complexity index is 336. The van der Waals surface area contributed by atoms with E-state index >= 15 is 0 Å². The van der Waals surface area contributed by atoms with Crippen LogP contribution in [0.4, 0.5) is 5.13 Å². The molecule has 0 aromatic carbocycles. The number of hydrogen-bond donors (Lipinski definition) is 2. The Kier molecular flexibility index (Phi) is 3.46. The molecule has 0 bridgehead atoms. The molecule has 1 atom stereocenters. The maximum Gasteiger partial charge on any atom is 0.306 e. The second-order valence-corrected chi connectivity index (χ2v) is 4.30. The molecular formula is C9H14N2O2S. The predicted octanol–water partition coefficient (Wildman–Crippen LogP) is 1.76. The molecule has 14 heavy (non-hydrogen) atoms. The highest BCUT2D eigenvalue weighted by atomic mass is 32.1. The van der Waals surface area contributed by atoms with Crippen molar-refractivity contribution in [2.75, 3.05) is 12.4 Å². The highest BCUT2D eigenvalue weighted by Crippen LogP contribution is 2.24. The Hall–Kier alpha value is -1.10. The third-order valence-corrected chi connectivity index (χ3v) is 3.22. The summed E-state index contributed by atoms with van der Waals surface area (Å²) in [5.41, 5.74) is 0.924. The van der Waals surface area contributed by atoms with Crippen molar-refractivity contribution in [1.29, 1.82) is 0 Å². The number of hydrogen-bond acceptors (Lipinski definition) is 4. The molecule has 4 nitrogen and oxygen atoms in total. The quantitative estimate of drug-likeness (QED) is 0.801. The third-order valence-electron chi connectivity index (χ3n) is 2.02. The van der Waals surface area contributed by atoms with Crippen LogP contribution in [0.25, 0.3) is 0 Å². The van der Waals surface area contributed by atoms with E-state index in [1.807, 2.05) is 14.0 Å². The van der Waals surface area contributed by atoms with Gasteiger partial charge in [0.25, 0.3) is 0 Å². The summed E-state index contributed by atoms with van der Waals surface area (Å²) in [6.07, 6.45) is 0.556. The van der Waals surface area contributed by atoms with Crippen molar-refractivity contribution in [3.63, 3.8) is 0 Å².